The number of thioether (sulfide) groups is 1. The minimum Gasteiger partial charge on any atom is -0.493 e. The first-order valence-electron chi connectivity index (χ1n) is 9.76. The molecule has 1 atom stereocenters. The maximum absolute atomic E-state index is 13.2. The van der Waals surface area contributed by atoms with Gasteiger partial charge < -0.3 is 18.8 Å². The average molecular weight is 426 g/mol. The number of carbonyl (C=O) groups excluding carboxylic acids is 1. The Morgan fingerprint density at radius 1 is 1.03 bits per heavy atom. The molecule has 0 bridgehead atoms. The molecule has 1 amide bonds. The molecule has 8 heteroatoms. The first kappa shape index (κ1) is 20.3. The third-order valence-corrected chi connectivity index (χ3v) is 6.08. The number of likely N-dealkylation sites (tertiary alicyclic amines) is 1. The molecule has 7 nitrogen and oxygen atoms in total. The number of ether oxygens (including phenoxy) is 2. The zero-order chi connectivity index (χ0) is 20.9. The van der Waals surface area contributed by atoms with Crippen LogP contribution in [0.3, 0.4) is 0 Å². The van der Waals surface area contributed by atoms with Crippen molar-refractivity contribution in [3.8, 4) is 23.0 Å². The van der Waals surface area contributed by atoms with Crippen molar-refractivity contribution < 1.29 is 18.7 Å². The molecule has 1 saturated heterocycles. The largest absolute Gasteiger partial charge is 0.493 e. The zero-order valence-electron chi connectivity index (χ0n) is 16.9. The van der Waals surface area contributed by atoms with E-state index in [1.807, 2.05) is 41.3 Å². The maximum atomic E-state index is 13.2. The van der Waals surface area contributed by atoms with E-state index in [0.29, 0.717) is 28.2 Å². The van der Waals surface area contributed by atoms with E-state index in [9.17, 15) is 4.79 Å². The maximum Gasteiger partial charge on any atom is 0.277 e. The minimum absolute atomic E-state index is 0.0783. The first-order chi connectivity index (χ1) is 14.7. The Kier molecular flexibility index (Phi) is 6.23. The Morgan fingerprint density at radius 3 is 2.47 bits per heavy atom. The van der Waals surface area contributed by atoms with E-state index in [0.717, 1.165) is 31.5 Å². The Morgan fingerprint density at radius 2 is 1.77 bits per heavy atom. The van der Waals surface area contributed by atoms with Gasteiger partial charge in [0, 0.05) is 18.7 Å². The second kappa shape index (κ2) is 9.21. The van der Waals surface area contributed by atoms with Crippen molar-refractivity contribution in [2.24, 2.45) is 0 Å². The number of hydrogen-bond acceptors (Lipinski definition) is 7. The summed E-state index contributed by atoms with van der Waals surface area (Å²) in [4.78, 5) is 15.1. The summed E-state index contributed by atoms with van der Waals surface area (Å²) in [6, 6.07) is 15.1. The highest BCUT2D eigenvalue weighted by Gasteiger charge is 2.30. The Labute approximate surface area is 179 Å². The fraction of sp³-hybridized carbons (Fsp3) is 0.318. The van der Waals surface area contributed by atoms with Crippen molar-refractivity contribution in [3.05, 3.63) is 54.1 Å². The lowest BCUT2D eigenvalue weighted by Crippen LogP contribution is -2.31. The lowest BCUT2D eigenvalue weighted by molar-refractivity contribution is -0.129. The van der Waals surface area contributed by atoms with E-state index in [1.54, 1.807) is 26.4 Å². The molecule has 1 aromatic heterocycles. The van der Waals surface area contributed by atoms with E-state index in [-0.39, 0.29) is 5.91 Å². The summed E-state index contributed by atoms with van der Waals surface area (Å²) in [5, 5.41) is 8.25. The van der Waals surface area contributed by atoms with Crippen LogP contribution < -0.4 is 9.47 Å². The van der Waals surface area contributed by atoms with Crippen LogP contribution in [0.15, 0.2) is 58.2 Å². The number of benzene rings is 2. The second-order valence-electron chi connectivity index (χ2n) is 6.88. The van der Waals surface area contributed by atoms with Gasteiger partial charge in [-0.05, 0) is 48.4 Å². The monoisotopic (exact) mass is 425 g/mol. The van der Waals surface area contributed by atoms with E-state index in [2.05, 4.69) is 10.2 Å². The molecule has 1 aliphatic heterocycles. The molecule has 30 heavy (non-hydrogen) atoms. The van der Waals surface area contributed by atoms with Crippen LogP contribution in [0.25, 0.3) is 11.5 Å². The molecule has 3 aromatic rings. The molecule has 156 valence electrons. The highest BCUT2D eigenvalue weighted by atomic mass is 32.2. The fourth-order valence-electron chi connectivity index (χ4n) is 3.44. The number of rotatable bonds is 7. The molecule has 1 fully saturated rings. The van der Waals surface area contributed by atoms with Crippen LogP contribution in [0.4, 0.5) is 0 Å². The zero-order valence-corrected chi connectivity index (χ0v) is 17.7. The van der Waals surface area contributed by atoms with Crippen LogP contribution in [-0.4, -0.2) is 48.3 Å². The van der Waals surface area contributed by atoms with Gasteiger partial charge in [0.1, 0.15) is 5.25 Å². The van der Waals surface area contributed by atoms with Crippen LogP contribution in [0.1, 0.15) is 23.7 Å². The van der Waals surface area contributed by atoms with E-state index < -0.39 is 5.25 Å². The lowest BCUT2D eigenvalue weighted by atomic mass is 10.1. The molecule has 0 saturated carbocycles. The van der Waals surface area contributed by atoms with Gasteiger partial charge in [0.15, 0.2) is 11.5 Å². The lowest BCUT2D eigenvalue weighted by Gasteiger charge is -2.22. The summed E-state index contributed by atoms with van der Waals surface area (Å²) in [5.41, 5.74) is 1.64. The van der Waals surface area contributed by atoms with Gasteiger partial charge in [0.2, 0.25) is 11.8 Å². The minimum atomic E-state index is -0.428. The third-order valence-electron chi connectivity index (χ3n) is 5.00. The van der Waals surface area contributed by atoms with Crippen LogP contribution >= 0.6 is 11.8 Å². The van der Waals surface area contributed by atoms with Crippen molar-refractivity contribution in [2.45, 2.75) is 23.3 Å². The summed E-state index contributed by atoms with van der Waals surface area (Å²) in [6.45, 7) is 1.59. The molecular weight excluding hydrogens is 402 g/mol. The van der Waals surface area contributed by atoms with Gasteiger partial charge in [-0.15, -0.1) is 10.2 Å². The smallest absolute Gasteiger partial charge is 0.277 e. The molecule has 4 rings (SSSR count). The topological polar surface area (TPSA) is 77.7 Å². The van der Waals surface area contributed by atoms with Crippen molar-refractivity contribution in [1.29, 1.82) is 0 Å². The molecule has 1 aliphatic rings. The summed E-state index contributed by atoms with van der Waals surface area (Å²) in [7, 11) is 3.16. The van der Waals surface area contributed by atoms with Crippen LogP contribution in [0, 0.1) is 0 Å². The van der Waals surface area contributed by atoms with Crippen molar-refractivity contribution >= 4 is 17.7 Å². The number of hydrogen-bond donors (Lipinski definition) is 0. The summed E-state index contributed by atoms with van der Waals surface area (Å²) in [5.74, 6) is 1.64. The third kappa shape index (κ3) is 4.28. The number of methoxy groups -OCH3 is 2. The highest BCUT2D eigenvalue weighted by Crippen LogP contribution is 2.38. The Balaban J connectivity index is 1.59. The van der Waals surface area contributed by atoms with Gasteiger partial charge in [-0.1, -0.05) is 30.3 Å². The molecule has 0 radical (unpaired) electrons. The van der Waals surface area contributed by atoms with Gasteiger partial charge in [-0.2, -0.15) is 0 Å². The molecular formula is C22H23N3O4S. The van der Waals surface area contributed by atoms with Crippen molar-refractivity contribution in [2.75, 3.05) is 27.3 Å². The van der Waals surface area contributed by atoms with Crippen molar-refractivity contribution in [1.82, 2.24) is 15.1 Å². The molecule has 0 spiro atoms. The number of amides is 1. The summed E-state index contributed by atoms with van der Waals surface area (Å²) in [6.07, 6.45) is 2.09. The molecule has 0 unspecified atom stereocenters. The standard InChI is InChI=1S/C22H23N3O4S/c1-27-17-11-10-16(14-18(17)28-2)20-23-24-22(29-20)30-19(15-8-4-3-5-9-15)21(26)25-12-6-7-13-25/h3-5,8-11,14,19H,6-7,12-13H2,1-2H3/t19-/m0/s1. The molecule has 2 heterocycles. The molecule has 0 aliphatic carbocycles. The predicted molar refractivity (Wildman–Crippen MR) is 114 cm³/mol. The normalized spacial score (nSPS) is 14.5. The number of aromatic nitrogens is 2. The van der Waals surface area contributed by atoms with Gasteiger partial charge in [0.05, 0.1) is 14.2 Å². The summed E-state index contributed by atoms with van der Waals surface area (Å²) < 4.78 is 16.5. The predicted octanol–water partition coefficient (Wildman–Crippen LogP) is 4.21. The fourth-order valence-corrected chi connectivity index (χ4v) is 4.40. The van der Waals surface area contributed by atoms with Crippen LogP contribution in [0.2, 0.25) is 0 Å². The van der Waals surface area contributed by atoms with E-state index in [1.165, 1.54) is 11.8 Å². The van der Waals surface area contributed by atoms with Crippen LogP contribution in [0.5, 0.6) is 11.5 Å². The highest BCUT2D eigenvalue weighted by molar-refractivity contribution is 8.00. The van der Waals surface area contributed by atoms with E-state index >= 15 is 0 Å². The van der Waals surface area contributed by atoms with Gasteiger partial charge in [-0.3, -0.25) is 4.79 Å². The first-order valence-corrected chi connectivity index (χ1v) is 10.6. The molecule has 0 N–H and O–H groups in total. The quantitative estimate of drug-likeness (QED) is 0.525. The van der Waals surface area contributed by atoms with Gasteiger partial charge in [-0.25, -0.2) is 0 Å². The number of nitrogens with zero attached hydrogens (tertiary/aromatic N) is 3. The Hall–Kier alpha value is -3.00. The Bertz CT molecular complexity index is 1000. The second-order valence-corrected chi connectivity index (χ2v) is 7.94. The van der Waals surface area contributed by atoms with Crippen LogP contribution in [-0.2, 0) is 4.79 Å². The van der Waals surface area contributed by atoms with Gasteiger partial charge in [0.25, 0.3) is 5.22 Å². The number of carbonyl (C=O) groups is 1. The average Bonchev–Trinajstić information content (AvgIpc) is 3.49. The van der Waals surface area contributed by atoms with Gasteiger partial charge >= 0.3 is 0 Å². The molecule has 2 aromatic carbocycles. The SMILES string of the molecule is COc1ccc(-c2nnc(S[C@H](C(=O)N3CCCC3)c3ccccc3)o2)cc1OC. The van der Waals surface area contributed by atoms with Crippen molar-refractivity contribution in [3.63, 3.8) is 0 Å². The van der Waals surface area contributed by atoms with E-state index in [4.69, 9.17) is 13.9 Å². The summed E-state index contributed by atoms with van der Waals surface area (Å²) >= 11 is 1.28.